The van der Waals surface area contributed by atoms with Crippen LogP contribution >= 0.6 is 0 Å². The molecular formula is C12H22O6. The molecule has 0 aromatic rings. The van der Waals surface area contributed by atoms with E-state index in [4.69, 9.17) is 20.1 Å². The Bertz CT molecular complexity index is 272. The molecule has 0 aliphatic carbocycles. The number of esters is 1. The Morgan fingerprint density at radius 1 is 1.22 bits per heavy atom. The van der Waals surface area contributed by atoms with Gasteiger partial charge in [0.2, 0.25) is 5.41 Å². The van der Waals surface area contributed by atoms with Crippen molar-refractivity contribution in [2.24, 2.45) is 5.41 Å². The number of ether oxygens (including phenoxy) is 1. The topological polar surface area (TPSA) is 104 Å². The summed E-state index contributed by atoms with van der Waals surface area (Å²) in [5.41, 5.74) is -2.26. The first-order valence-electron chi connectivity index (χ1n) is 6.14. The molecule has 0 aromatic carbocycles. The number of unbranched alkanes of at least 4 members (excludes halogenated alkanes) is 1. The molecule has 3 N–H and O–H groups in total. The second-order valence-corrected chi connectivity index (χ2v) is 4.28. The fraction of sp³-hybridized carbons (Fsp3) is 0.833. The van der Waals surface area contributed by atoms with E-state index in [1.807, 2.05) is 13.8 Å². The van der Waals surface area contributed by atoms with Gasteiger partial charge in [-0.25, -0.2) is 0 Å². The van der Waals surface area contributed by atoms with Gasteiger partial charge >= 0.3 is 11.9 Å². The molecule has 0 heterocycles. The smallest absolute Gasteiger partial charge is 0.328 e. The number of carboxylic acids is 1. The highest BCUT2D eigenvalue weighted by Crippen LogP contribution is 2.21. The van der Waals surface area contributed by atoms with Crippen LogP contribution in [0.1, 0.15) is 39.5 Å². The standard InChI is InChI=1S/C12H22O6/c1-3-5-6-9(4-2)18-11(17)12(7-13,8-14)10(15)16/h9,13-14H,3-8H2,1-2H3,(H,15,16). The number of hydrogen-bond donors (Lipinski definition) is 3. The van der Waals surface area contributed by atoms with E-state index >= 15 is 0 Å². The summed E-state index contributed by atoms with van der Waals surface area (Å²) in [5.74, 6) is -2.66. The van der Waals surface area contributed by atoms with Crippen LogP contribution in [0.15, 0.2) is 0 Å². The van der Waals surface area contributed by atoms with Gasteiger partial charge in [0.15, 0.2) is 0 Å². The Hall–Kier alpha value is -1.14. The molecule has 0 aliphatic rings. The van der Waals surface area contributed by atoms with E-state index in [2.05, 4.69) is 0 Å². The van der Waals surface area contributed by atoms with Crippen LogP contribution in [-0.4, -0.2) is 46.6 Å². The van der Waals surface area contributed by atoms with Gasteiger partial charge in [-0.15, -0.1) is 0 Å². The maximum atomic E-state index is 11.8. The fourth-order valence-electron chi connectivity index (χ4n) is 1.44. The fourth-order valence-corrected chi connectivity index (χ4v) is 1.44. The molecular weight excluding hydrogens is 240 g/mol. The molecule has 0 fully saturated rings. The monoisotopic (exact) mass is 262 g/mol. The molecule has 18 heavy (non-hydrogen) atoms. The first kappa shape index (κ1) is 16.9. The highest BCUT2D eigenvalue weighted by atomic mass is 16.5. The predicted octanol–water partition coefficient (Wildman–Crippen LogP) is 0.554. The van der Waals surface area contributed by atoms with Crippen molar-refractivity contribution in [3.05, 3.63) is 0 Å². The lowest BCUT2D eigenvalue weighted by Gasteiger charge is -2.25. The maximum Gasteiger partial charge on any atom is 0.328 e. The first-order valence-corrected chi connectivity index (χ1v) is 6.14. The zero-order chi connectivity index (χ0) is 14.2. The van der Waals surface area contributed by atoms with Crippen molar-refractivity contribution >= 4 is 11.9 Å². The molecule has 0 saturated heterocycles. The molecule has 0 aliphatic heterocycles. The largest absolute Gasteiger partial charge is 0.480 e. The van der Waals surface area contributed by atoms with Gasteiger partial charge in [-0.2, -0.15) is 0 Å². The van der Waals surface area contributed by atoms with Gasteiger partial charge in [0, 0.05) is 0 Å². The van der Waals surface area contributed by atoms with Gasteiger partial charge in [-0.3, -0.25) is 9.59 Å². The van der Waals surface area contributed by atoms with Gasteiger partial charge in [0.25, 0.3) is 0 Å². The van der Waals surface area contributed by atoms with Crippen LogP contribution < -0.4 is 0 Å². The van der Waals surface area contributed by atoms with Crippen LogP contribution in [0, 0.1) is 5.41 Å². The van der Waals surface area contributed by atoms with E-state index in [1.165, 1.54) is 0 Å². The third-order valence-electron chi connectivity index (χ3n) is 2.95. The summed E-state index contributed by atoms with van der Waals surface area (Å²) >= 11 is 0. The van der Waals surface area contributed by atoms with Gasteiger partial charge in [0.1, 0.15) is 6.10 Å². The lowest BCUT2D eigenvalue weighted by atomic mass is 9.90. The lowest BCUT2D eigenvalue weighted by molar-refractivity contribution is -0.179. The predicted molar refractivity (Wildman–Crippen MR) is 63.9 cm³/mol. The quantitative estimate of drug-likeness (QED) is 0.414. The molecule has 6 nitrogen and oxygen atoms in total. The van der Waals surface area contributed by atoms with Crippen LogP contribution in [0.4, 0.5) is 0 Å². The summed E-state index contributed by atoms with van der Waals surface area (Å²) in [4.78, 5) is 22.8. The third kappa shape index (κ3) is 3.96. The normalized spacial score (nSPS) is 13.1. The zero-order valence-electron chi connectivity index (χ0n) is 10.9. The summed E-state index contributed by atoms with van der Waals surface area (Å²) in [7, 11) is 0. The molecule has 106 valence electrons. The summed E-state index contributed by atoms with van der Waals surface area (Å²) in [5, 5.41) is 27.0. The SMILES string of the molecule is CCCCC(CC)OC(=O)C(CO)(CO)C(=O)O. The molecule has 0 rings (SSSR count). The van der Waals surface area contributed by atoms with Crippen molar-refractivity contribution in [3.63, 3.8) is 0 Å². The van der Waals surface area contributed by atoms with E-state index in [0.717, 1.165) is 12.8 Å². The van der Waals surface area contributed by atoms with Gasteiger partial charge in [-0.1, -0.05) is 26.7 Å². The molecule has 1 unspecified atom stereocenters. The number of aliphatic hydroxyl groups excluding tert-OH is 2. The number of carbonyl (C=O) groups excluding carboxylic acids is 1. The second-order valence-electron chi connectivity index (χ2n) is 4.28. The van der Waals surface area contributed by atoms with Gasteiger partial charge in [0.05, 0.1) is 13.2 Å². The molecule has 6 heteroatoms. The second kappa shape index (κ2) is 8.05. The van der Waals surface area contributed by atoms with Gasteiger partial charge < -0.3 is 20.1 Å². The molecule has 0 amide bonds. The molecule has 0 radical (unpaired) electrons. The van der Waals surface area contributed by atoms with Crippen molar-refractivity contribution < 1.29 is 29.6 Å². The summed E-state index contributed by atoms with van der Waals surface area (Å²) < 4.78 is 5.07. The minimum Gasteiger partial charge on any atom is -0.480 e. The summed E-state index contributed by atoms with van der Waals surface area (Å²) in [6, 6.07) is 0. The Kier molecular flexibility index (Phi) is 7.54. The van der Waals surface area contributed by atoms with E-state index in [0.29, 0.717) is 12.8 Å². The minimum atomic E-state index is -2.26. The van der Waals surface area contributed by atoms with E-state index < -0.39 is 30.6 Å². The number of hydrogen-bond acceptors (Lipinski definition) is 5. The summed E-state index contributed by atoms with van der Waals surface area (Å²) in [6.45, 7) is 1.86. The van der Waals surface area contributed by atoms with Crippen molar-refractivity contribution in [1.29, 1.82) is 0 Å². The van der Waals surface area contributed by atoms with Crippen molar-refractivity contribution in [2.45, 2.75) is 45.6 Å². The number of aliphatic carboxylic acids is 1. The summed E-state index contributed by atoms with van der Waals surface area (Å²) in [6.07, 6.45) is 2.64. The highest BCUT2D eigenvalue weighted by molar-refractivity contribution is 5.99. The number of carboxylic acid groups (broad SMARTS) is 1. The van der Waals surface area contributed by atoms with E-state index in [9.17, 15) is 9.59 Å². The zero-order valence-corrected chi connectivity index (χ0v) is 10.9. The van der Waals surface area contributed by atoms with Crippen molar-refractivity contribution in [2.75, 3.05) is 13.2 Å². The molecule has 0 spiro atoms. The average molecular weight is 262 g/mol. The molecule has 0 aromatic heterocycles. The van der Waals surface area contributed by atoms with Crippen molar-refractivity contribution in [1.82, 2.24) is 0 Å². The molecule has 0 bridgehead atoms. The average Bonchev–Trinajstić information content (AvgIpc) is 2.36. The van der Waals surface area contributed by atoms with Crippen LogP contribution in [0.3, 0.4) is 0 Å². The number of carbonyl (C=O) groups is 2. The minimum absolute atomic E-state index is 0.380. The number of aliphatic hydroxyl groups is 2. The molecule has 1 atom stereocenters. The van der Waals surface area contributed by atoms with Crippen LogP contribution in [-0.2, 0) is 14.3 Å². The maximum absolute atomic E-state index is 11.8. The van der Waals surface area contributed by atoms with E-state index in [1.54, 1.807) is 0 Å². The van der Waals surface area contributed by atoms with Crippen LogP contribution in [0.25, 0.3) is 0 Å². The van der Waals surface area contributed by atoms with E-state index in [-0.39, 0.29) is 6.10 Å². The first-order chi connectivity index (χ1) is 8.48. The Morgan fingerprint density at radius 3 is 2.11 bits per heavy atom. The van der Waals surface area contributed by atoms with Crippen molar-refractivity contribution in [3.8, 4) is 0 Å². The van der Waals surface area contributed by atoms with Gasteiger partial charge in [-0.05, 0) is 12.8 Å². The highest BCUT2D eigenvalue weighted by Gasteiger charge is 2.48. The lowest BCUT2D eigenvalue weighted by Crippen LogP contribution is -2.48. The Labute approximate surface area is 107 Å². The van der Waals surface area contributed by atoms with Crippen LogP contribution in [0.2, 0.25) is 0 Å². The van der Waals surface area contributed by atoms with Crippen LogP contribution in [0.5, 0.6) is 0 Å². The molecule has 0 saturated carbocycles. The Balaban J connectivity index is 4.73. The third-order valence-corrected chi connectivity index (χ3v) is 2.95. The Morgan fingerprint density at radius 2 is 1.78 bits per heavy atom. The number of rotatable bonds is 9.